The third kappa shape index (κ3) is 3.76. The first kappa shape index (κ1) is 14.0. The number of aliphatic hydroxyl groups excluding tert-OH is 1. The van der Waals surface area contributed by atoms with E-state index in [1.54, 1.807) is 6.07 Å². The third-order valence-corrected chi connectivity index (χ3v) is 3.34. The van der Waals surface area contributed by atoms with Crippen LogP contribution in [0, 0.1) is 0 Å². The third-order valence-electron chi connectivity index (χ3n) is 3.34. The molecule has 0 radical (unpaired) electrons. The van der Waals surface area contributed by atoms with Gasteiger partial charge in [0.05, 0.1) is 6.61 Å². The van der Waals surface area contributed by atoms with Crippen molar-refractivity contribution in [3.8, 4) is 0 Å². The molecule has 2 rings (SSSR count). The predicted molar refractivity (Wildman–Crippen MR) is 73.5 cm³/mol. The van der Waals surface area contributed by atoms with E-state index in [-0.39, 0.29) is 18.6 Å². The Balaban J connectivity index is 2.07. The lowest BCUT2D eigenvalue weighted by Crippen LogP contribution is -2.40. The van der Waals surface area contributed by atoms with E-state index in [1.165, 1.54) is 0 Å². The standard InChI is InChI=1S/C14H21N3O2/c15-12(10-18)9-11-5-1-2-6-13(11)14(19)16-17-7-3-4-8-17/h1-2,5-6,12,18H,3-4,7-10,15H2,(H,16,19)/t12-/m1/s1. The molecule has 0 saturated carbocycles. The van der Waals surface area contributed by atoms with Crippen LogP contribution in [0.5, 0.6) is 0 Å². The fourth-order valence-electron chi connectivity index (χ4n) is 2.30. The van der Waals surface area contributed by atoms with Crippen LogP contribution in [0.4, 0.5) is 0 Å². The zero-order valence-corrected chi connectivity index (χ0v) is 11.0. The summed E-state index contributed by atoms with van der Waals surface area (Å²) < 4.78 is 0. The van der Waals surface area contributed by atoms with Crippen LogP contribution in [0.2, 0.25) is 0 Å². The molecular weight excluding hydrogens is 242 g/mol. The number of amides is 1. The van der Waals surface area contributed by atoms with Crippen LogP contribution in [0.25, 0.3) is 0 Å². The highest BCUT2D eigenvalue weighted by Crippen LogP contribution is 2.12. The second kappa shape index (κ2) is 6.65. The van der Waals surface area contributed by atoms with Gasteiger partial charge in [-0.3, -0.25) is 10.2 Å². The van der Waals surface area contributed by atoms with E-state index < -0.39 is 0 Å². The van der Waals surface area contributed by atoms with Crippen LogP contribution >= 0.6 is 0 Å². The number of carbonyl (C=O) groups excluding carboxylic acids is 1. The number of nitrogens with one attached hydrogen (secondary N) is 1. The zero-order valence-electron chi connectivity index (χ0n) is 11.0. The van der Waals surface area contributed by atoms with Gasteiger partial charge >= 0.3 is 0 Å². The molecule has 1 atom stereocenters. The lowest BCUT2D eigenvalue weighted by molar-refractivity contribution is 0.0824. The van der Waals surface area contributed by atoms with Crippen LogP contribution in [0.15, 0.2) is 24.3 Å². The van der Waals surface area contributed by atoms with Gasteiger partial charge in [0.2, 0.25) is 0 Å². The molecule has 19 heavy (non-hydrogen) atoms. The van der Waals surface area contributed by atoms with Crippen molar-refractivity contribution in [3.63, 3.8) is 0 Å². The topological polar surface area (TPSA) is 78.6 Å². The first-order valence-electron chi connectivity index (χ1n) is 6.71. The highest BCUT2D eigenvalue weighted by molar-refractivity contribution is 5.95. The zero-order chi connectivity index (χ0) is 13.7. The van der Waals surface area contributed by atoms with E-state index in [0.717, 1.165) is 31.5 Å². The fourth-order valence-corrected chi connectivity index (χ4v) is 2.30. The molecule has 1 heterocycles. The van der Waals surface area contributed by atoms with Gasteiger partial charge in [0.15, 0.2) is 0 Å². The second-order valence-electron chi connectivity index (χ2n) is 4.94. The second-order valence-corrected chi connectivity index (χ2v) is 4.94. The quantitative estimate of drug-likeness (QED) is 0.713. The molecule has 1 fully saturated rings. The molecule has 1 aliphatic rings. The van der Waals surface area contributed by atoms with Gasteiger partial charge in [-0.05, 0) is 30.9 Å². The minimum Gasteiger partial charge on any atom is -0.395 e. The molecular formula is C14H21N3O2. The molecule has 1 amide bonds. The first-order valence-corrected chi connectivity index (χ1v) is 6.71. The molecule has 5 heteroatoms. The van der Waals surface area contributed by atoms with E-state index >= 15 is 0 Å². The molecule has 0 aliphatic carbocycles. The molecule has 0 bridgehead atoms. The molecule has 1 saturated heterocycles. The summed E-state index contributed by atoms with van der Waals surface area (Å²) in [5.74, 6) is -0.0948. The Kier molecular flexibility index (Phi) is 4.90. The monoisotopic (exact) mass is 263 g/mol. The van der Waals surface area contributed by atoms with Crippen molar-refractivity contribution in [2.75, 3.05) is 19.7 Å². The largest absolute Gasteiger partial charge is 0.395 e. The Bertz CT molecular complexity index is 430. The normalized spacial score (nSPS) is 17.4. The van der Waals surface area contributed by atoms with Gasteiger partial charge in [-0.1, -0.05) is 18.2 Å². The maximum Gasteiger partial charge on any atom is 0.265 e. The molecule has 5 nitrogen and oxygen atoms in total. The van der Waals surface area contributed by atoms with Crippen LogP contribution < -0.4 is 11.2 Å². The number of rotatable bonds is 5. The molecule has 0 unspecified atom stereocenters. The minimum absolute atomic E-state index is 0.0813. The summed E-state index contributed by atoms with van der Waals surface area (Å²) in [5.41, 5.74) is 10.2. The van der Waals surface area contributed by atoms with Crippen molar-refractivity contribution in [1.29, 1.82) is 0 Å². The highest BCUT2D eigenvalue weighted by Gasteiger charge is 2.17. The summed E-state index contributed by atoms with van der Waals surface area (Å²) in [7, 11) is 0. The van der Waals surface area contributed by atoms with Crippen LogP contribution in [0.1, 0.15) is 28.8 Å². The number of carbonyl (C=O) groups is 1. The van der Waals surface area contributed by atoms with E-state index in [0.29, 0.717) is 12.0 Å². The van der Waals surface area contributed by atoms with Gasteiger partial charge in [-0.15, -0.1) is 0 Å². The maximum atomic E-state index is 12.2. The molecule has 104 valence electrons. The Morgan fingerprint density at radius 2 is 2.05 bits per heavy atom. The van der Waals surface area contributed by atoms with Gasteiger partial charge in [0, 0.05) is 24.7 Å². The Hall–Kier alpha value is -1.43. The van der Waals surface area contributed by atoms with Crippen LogP contribution in [-0.4, -0.2) is 41.8 Å². The lowest BCUT2D eigenvalue weighted by Gasteiger charge is -2.18. The molecule has 0 aromatic heterocycles. The van der Waals surface area contributed by atoms with E-state index in [4.69, 9.17) is 10.8 Å². The van der Waals surface area contributed by atoms with Gasteiger partial charge in [-0.25, -0.2) is 5.01 Å². The predicted octanol–water partition coefficient (Wildman–Crippen LogP) is 0.289. The number of nitrogens with zero attached hydrogens (tertiary/aromatic N) is 1. The van der Waals surface area contributed by atoms with Crippen molar-refractivity contribution in [3.05, 3.63) is 35.4 Å². The average Bonchev–Trinajstić information content (AvgIpc) is 2.92. The smallest absolute Gasteiger partial charge is 0.265 e. The number of hydrogen-bond donors (Lipinski definition) is 3. The number of hydrogen-bond acceptors (Lipinski definition) is 4. The molecule has 1 aromatic carbocycles. The summed E-state index contributed by atoms with van der Waals surface area (Å²) in [6, 6.07) is 7.07. The molecule has 1 aromatic rings. The van der Waals surface area contributed by atoms with Crippen LogP contribution in [0.3, 0.4) is 0 Å². The van der Waals surface area contributed by atoms with Gasteiger partial charge in [0.25, 0.3) is 5.91 Å². The summed E-state index contributed by atoms with van der Waals surface area (Å²) in [5, 5.41) is 11.0. The van der Waals surface area contributed by atoms with Crippen molar-refractivity contribution in [1.82, 2.24) is 10.4 Å². The Morgan fingerprint density at radius 1 is 1.37 bits per heavy atom. The van der Waals surface area contributed by atoms with Crippen LogP contribution in [-0.2, 0) is 6.42 Å². The summed E-state index contributed by atoms with van der Waals surface area (Å²) in [4.78, 5) is 12.2. The molecule has 4 N–H and O–H groups in total. The minimum atomic E-state index is -0.333. The summed E-state index contributed by atoms with van der Waals surface area (Å²) in [6.07, 6.45) is 2.74. The fraction of sp³-hybridized carbons (Fsp3) is 0.500. The van der Waals surface area contributed by atoms with Crippen molar-refractivity contribution >= 4 is 5.91 Å². The number of hydrazine groups is 1. The van der Waals surface area contributed by atoms with E-state index in [1.807, 2.05) is 23.2 Å². The van der Waals surface area contributed by atoms with Crippen molar-refractivity contribution in [2.24, 2.45) is 5.73 Å². The van der Waals surface area contributed by atoms with Gasteiger partial charge < -0.3 is 10.8 Å². The number of benzene rings is 1. The van der Waals surface area contributed by atoms with E-state index in [2.05, 4.69) is 5.43 Å². The van der Waals surface area contributed by atoms with Gasteiger partial charge in [0.1, 0.15) is 0 Å². The summed E-state index contributed by atoms with van der Waals surface area (Å²) in [6.45, 7) is 1.73. The molecule has 0 spiro atoms. The number of aliphatic hydroxyl groups is 1. The SMILES string of the molecule is N[C@@H](CO)Cc1ccccc1C(=O)NN1CCCC1. The Labute approximate surface area is 113 Å². The average molecular weight is 263 g/mol. The molecule has 1 aliphatic heterocycles. The highest BCUT2D eigenvalue weighted by atomic mass is 16.3. The van der Waals surface area contributed by atoms with Crippen molar-refractivity contribution < 1.29 is 9.90 Å². The Morgan fingerprint density at radius 3 is 2.74 bits per heavy atom. The van der Waals surface area contributed by atoms with Crippen molar-refractivity contribution in [2.45, 2.75) is 25.3 Å². The van der Waals surface area contributed by atoms with Gasteiger partial charge in [-0.2, -0.15) is 0 Å². The maximum absolute atomic E-state index is 12.2. The lowest BCUT2D eigenvalue weighted by atomic mass is 10.0. The number of nitrogens with two attached hydrogens (primary N) is 1. The summed E-state index contributed by atoms with van der Waals surface area (Å²) >= 11 is 0. The van der Waals surface area contributed by atoms with E-state index in [9.17, 15) is 4.79 Å². The first-order chi connectivity index (χ1) is 9.20.